The lowest BCUT2D eigenvalue weighted by atomic mass is 10.0. The lowest BCUT2D eigenvalue weighted by molar-refractivity contribution is 0.868. The number of pyridine rings is 1. The smallest absolute Gasteiger partial charge is 0.0705 e. The highest BCUT2D eigenvalue weighted by atomic mass is 14.7. The van der Waals surface area contributed by atoms with Crippen LogP contribution in [0, 0.1) is 6.92 Å². The van der Waals surface area contributed by atoms with Gasteiger partial charge in [-0.25, -0.2) is 0 Å². The van der Waals surface area contributed by atoms with E-state index in [9.17, 15) is 0 Å². The second-order valence-corrected chi connectivity index (χ2v) is 4.06. The van der Waals surface area contributed by atoms with Gasteiger partial charge in [0.25, 0.3) is 0 Å². The zero-order valence-electron chi connectivity index (χ0n) is 12.9. The van der Waals surface area contributed by atoms with Gasteiger partial charge in [0.1, 0.15) is 0 Å². The van der Waals surface area contributed by atoms with Crippen molar-refractivity contribution >= 4 is 10.9 Å². The molecule has 0 aliphatic heterocycles. The molecule has 18 heavy (non-hydrogen) atoms. The minimum Gasteiger partial charge on any atom is -0.253 e. The normalized spacial score (nSPS) is 9.33. The first-order valence-corrected chi connectivity index (χ1v) is 7.04. The molecule has 0 aliphatic rings. The van der Waals surface area contributed by atoms with Crippen LogP contribution >= 0.6 is 0 Å². The van der Waals surface area contributed by atoms with E-state index in [1.54, 1.807) is 0 Å². The summed E-state index contributed by atoms with van der Waals surface area (Å²) in [6.45, 7) is 14.4. The Hall–Kier alpha value is -1.37. The molecule has 0 saturated carbocycles. The number of fused-ring (bicyclic) bond motifs is 1. The van der Waals surface area contributed by atoms with Gasteiger partial charge >= 0.3 is 0 Å². The highest BCUT2D eigenvalue weighted by molar-refractivity contribution is 5.79. The molecule has 0 saturated heterocycles. The van der Waals surface area contributed by atoms with E-state index < -0.39 is 0 Å². The molecule has 2 aromatic rings. The molecular formula is C17H27N. The number of nitrogens with zero attached hydrogens (tertiary/aromatic N) is 1. The predicted octanol–water partition coefficient (Wildman–Crippen LogP) is 5.72. The summed E-state index contributed by atoms with van der Waals surface area (Å²) in [5, 5.41) is 1.24. The third-order valence-corrected chi connectivity index (χ3v) is 2.52. The van der Waals surface area contributed by atoms with Crippen LogP contribution < -0.4 is 0 Å². The van der Waals surface area contributed by atoms with Crippen molar-refractivity contribution in [2.45, 2.75) is 54.4 Å². The highest BCUT2D eigenvalue weighted by Crippen LogP contribution is 2.20. The maximum Gasteiger partial charge on any atom is 0.0705 e. The Bertz CT molecular complexity index is 458. The summed E-state index contributed by atoms with van der Waals surface area (Å²) in [7, 11) is 0. The molecule has 2 rings (SSSR count). The number of hydrogen-bond donors (Lipinski definition) is 0. The maximum atomic E-state index is 4.48. The largest absolute Gasteiger partial charge is 0.253 e. The molecule has 0 aliphatic carbocycles. The van der Waals surface area contributed by atoms with Gasteiger partial charge in [-0.05, 0) is 36.6 Å². The minimum absolute atomic E-state index is 0.584. The zero-order chi connectivity index (χ0) is 14.1. The third-order valence-electron chi connectivity index (χ3n) is 2.52. The Morgan fingerprint density at radius 2 is 1.50 bits per heavy atom. The SMILES string of the molecule is CC.CC.Cc1ccc2cc(C(C)C)ccc2n1. The summed E-state index contributed by atoms with van der Waals surface area (Å²) in [6.07, 6.45) is 0. The van der Waals surface area contributed by atoms with Crippen LogP contribution in [0.15, 0.2) is 30.3 Å². The Labute approximate surface area is 112 Å². The van der Waals surface area contributed by atoms with Gasteiger partial charge in [0.15, 0.2) is 0 Å². The number of benzene rings is 1. The quantitative estimate of drug-likeness (QED) is 0.626. The molecule has 0 fully saturated rings. The van der Waals surface area contributed by atoms with Crippen LogP contribution in [0.5, 0.6) is 0 Å². The van der Waals surface area contributed by atoms with Gasteiger partial charge < -0.3 is 0 Å². The second-order valence-electron chi connectivity index (χ2n) is 4.06. The van der Waals surface area contributed by atoms with Crippen LogP contribution in [-0.2, 0) is 0 Å². The van der Waals surface area contributed by atoms with Crippen LogP contribution in [0.2, 0.25) is 0 Å². The van der Waals surface area contributed by atoms with Crippen molar-refractivity contribution in [3.05, 3.63) is 41.6 Å². The molecule has 0 spiro atoms. The Morgan fingerprint density at radius 1 is 0.889 bits per heavy atom. The van der Waals surface area contributed by atoms with Crippen molar-refractivity contribution in [1.82, 2.24) is 4.98 Å². The van der Waals surface area contributed by atoms with Crippen molar-refractivity contribution in [1.29, 1.82) is 0 Å². The number of rotatable bonds is 1. The molecule has 0 atom stereocenters. The van der Waals surface area contributed by atoms with E-state index in [2.05, 4.69) is 49.2 Å². The van der Waals surface area contributed by atoms with Crippen molar-refractivity contribution < 1.29 is 0 Å². The molecule has 1 nitrogen and oxygen atoms in total. The first-order valence-electron chi connectivity index (χ1n) is 7.04. The second kappa shape index (κ2) is 8.68. The molecule has 0 unspecified atom stereocenters. The fourth-order valence-corrected chi connectivity index (χ4v) is 1.61. The predicted molar refractivity (Wildman–Crippen MR) is 83.3 cm³/mol. The van der Waals surface area contributed by atoms with Crippen LogP contribution in [0.3, 0.4) is 0 Å². The van der Waals surface area contributed by atoms with Crippen LogP contribution in [0.4, 0.5) is 0 Å². The van der Waals surface area contributed by atoms with Gasteiger partial charge in [0.05, 0.1) is 5.52 Å². The van der Waals surface area contributed by atoms with E-state index in [-0.39, 0.29) is 0 Å². The topological polar surface area (TPSA) is 12.9 Å². The average Bonchev–Trinajstić information content (AvgIpc) is 2.42. The van der Waals surface area contributed by atoms with Gasteiger partial charge in [0, 0.05) is 11.1 Å². The highest BCUT2D eigenvalue weighted by Gasteiger charge is 2.01. The summed E-state index contributed by atoms with van der Waals surface area (Å²) >= 11 is 0. The van der Waals surface area contributed by atoms with Crippen LogP contribution in [-0.4, -0.2) is 4.98 Å². The molecule has 0 radical (unpaired) electrons. The van der Waals surface area contributed by atoms with Crippen LogP contribution in [0.1, 0.15) is 58.7 Å². The molecule has 1 aromatic heterocycles. The Kier molecular flexibility index (Phi) is 8.02. The van der Waals surface area contributed by atoms with E-state index in [1.807, 2.05) is 34.6 Å². The molecule has 1 heteroatoms. The zero-order valence-corrected chi connectivity index (χ0v) is 12.9. The summed E-state index contributed by atoms with van der Waals surface area (Å²) in [5.74, 6) is 0.584. The van der Waals surface area contributed by atoms with Crippen molar-refractivity contribution in [2.75, 3.05) is 0 Å². The lowest BCUT2D eigenvalue weighted by Crippen LogP contribution is -1.88. The molecule has 1 aromatic carbocycles. The molecule has 0 N–H and O–H groups in total. The first-order chi connectivity index (χ1) is 8.66. The Morgan fingerprint density at radius 3 is 2.06 bits per heavy atom. The monoisotopic (exact) mass is 245 g/mol. The Balaban J connectivity index is 0.000000659. The number of hydrogen-bond acceptors (Lipinski definition) is 1. The van der Waals surface area contributed by atoms with Crippen LogP contribution in [0.25, 0.3) is 10.9 Å². The summed E-state index contributed by atoms with van der Waals surface area (Å²) in [6, 6.07) is 10.7. The van der Waals surface area contributed by atoms with Gasteiger partial charge in [-0.2, -0.15) is 0 Å². The van der Waals surface area contributed by atoms with Crippen molar-refractivity contribution in [3.63, 3.8) is 0 Å². The van der Waals surface area contributed by atoms with Gasteiger partial charge in [-0.15, -0.1) is 0 Å². The number of aromatic nitrogens is 1. The molecule has 100 valence electrons. The molecule has 0 bridgehead atoms. The summed E-state index contributed by atoms with van der Waals surface area (Å²) in [5.41, 5.74) is 3.55. The molecular weight excluding hydrogens is 218 g/mol. The van der Waals surface area contributed by atoms with Gasteiger partial charge in [0.2, 0.25) is 0 Å². The molecule has 0 amide bonds. The molecule has 1 heterocycles. The van der Waals surface area contributed by atoms with E-state index in [4.69, 9.17) is 0 Å². The summed E-state index contributed by atoms with van der Waals surface area (Å²) < 4.78 is 0. The third kappa shape index (κ3) is 4.48. The van der Waals surface area contributed by atoms with Crippen molar-refractivity contribution in [2.24, 2.45) is 0 Å². The lowest BCUT2D eigenvalue weighted by Gasteiger charge is -2.06. The average molecular weight is 245 g/mol. The maximum absolute atomic E-state index is 4.48. The van der Waals surface area contributed by atoms with E-state index in [0.717, 1.165) is 11.2 Å². The minimum atomic E-state index is 0.584. The first kappa shape index (κ1) is 16.6. The fraction of sp³-hybridized carbons (Fsp3) is 0.471. The van der Waals surface area contributed by atoms with Crippen molar-refractivity contribution in [3.8, 4) is 0 Å². The number of aryl methyl sites for hydroxylation is 1. The fourth-order valence-electron chi connectivity index (χ4n) is 1.61. The van der Waals surface area contributed by atoms with Gasteiger partial charge in [-0.1, -0.05) is 53.7 Å². The van der Waals surface area contributed by atoms with E-state index >= 15 is 0 Å². The van der Waals surface area contributed by atoms with E-state index in [1.165, 1.54) is 10.9 Å². The standard InChI is InChI=1S/C13H15N.2C2H6/c1-9(2)11-6-7-13-12(8-11)5-4-10(3)14-13;2*1-2/h4-9H,1-3H3;2*1-2H3. The summed E-state index contributed by atoms with van der Waals surface area (Å²) in [4.78, 5) is 4.48. The van der Waals surface area contributed by atoms with Gasteiger partial charge in [-0.3, -0.25) is 4.98 Å². The van der Waals surface area contributed by atoms with E-state index in [0.29, 0.717) is 5.92 Å².